The lowest BCUT2D eigenvalue weighted by molar-refractivity contribution is 0.502. The van der Waals surface area contributed by atoms with Crippen LogP contribution in [0.5, 0.6) is 0 Å². The van der Waals surface area contributed by atoms with Crippen molar-refractivity contribution in [2.45, 2.75) is 33.1 Å². The molecule has 0 heterocycles. The van der Waals surface area contributed by atoms with E-state index in [2.05, 4.69) is 20.4 Å². The fourth-order valence-electron chi connectivity index (χ4n) is 1.63. The van der Waals surface area contributed by atoms with Crippen molar-refractivity contribution in [3.8, 4) is 0 Å². The number of hydrogen-bond donors (Lipinski definition) is 0. The average Bonchev–Trinajstić information content (AvgIpc) is 2.13. The van der Waals surface area contributed by atoms with Crippen LogP contribution in [0.4, 0.5) is 0 Å². The van der Waals surface area contributed by atoms with Gasteiger partial charge < -0.3 is 0 Å². The van der Waals surface area contributed by atoms with Crippen LogP contribution >= 0.6 is 0 Å². The molecule has 1 rings (SSSR count). The van der Waals surface area contributed by atoms with E-state index in [4.69, 9.17) is 0 Å². The highest BCUT2D eigenvalue weighted by atomic mass is 14.3. The molecule has 2 unspecified atom stereocenters. The minimum absolute atomic E-state index is 0.801. The van der Waals surface area contributed by atoms with Gasteiger partial charge in [-0.2, -0.15) is 0 Å². The standard InChI is InChI=1S/C9H16/c1-4-9-5-7(2)8(3)6-9/h8-9H,2,4-6H2,1,3H3. The SMILES string of the molecule is C=C1CC(CC)CC1C. The molecule has 0 saturated heterocycles. The lowest BCUT2D eigenvalue weighted by Gasteiger charge is -2.01. The highest BCUT2D eigenvalue weighted by Crippen LogP contribution is 2.35. The predicted octanol–water partition coefficient (Wildman–Crippen LogP) is 3.00. The molecule has 0 aromatic carbocycles. The quantitative estimate of drug-likeness (QED) is 0.471. The number of hydrogen-bond acceptors (Lipinski definition) is 0. The van der Waals surface area contributed by atoms with Crippen molar-refractivity contribution in [3.63, 3.8) is 0 Å². The maximum Gasteiger partial charge on any atom is -0.0232 e. The van der Waals surface area contributed by atoms with E-state index in [9.17, 15) is 0 Å². The van der Waals surface area contributed by atoms with Gasteiger partial charge in [0.25, 0.3) is 0 Å². The lowest BCUT2D eigenvalue weighted by Crippen LogP contribution is -1.90. The van der Waals surface area contributed by atoms with Crippen molar-refractivity contribution < 1.29 is 0 Å². The third-order valence-corrected chi connectivity index (χ3v) is 2.51. The summed E-state index contributed by atoms with van der Waals surface area (Å²) in [6.45, 7) is 8.60. The zero-order valence-electron chi connectivity index (χ0n) is 6.48. The molecule has 0 aromatic rings. The molecule has 1 fully saturated rings. The summed E-state index contributed by atoms with van der Waals surface area (Å²) in [6.07, 6.45) is 4.01. The first-order valence-corrected chi connectivity index (χ1v) is 3.91. The van der Waals surface area contributed by atoms with E-state index in [0.717, 1.165) is 11.8 Å². The Hall–Kier alpha value is -0.260. The highest BCUT2D eigenvalue weighted by Gasteiger charge is 2.22. The second-order valence-electron chi connectivity index (χ2n) is 3.27. The molecule has 0 bridgehead atoms. The van der Waals surface area contributed by atoms with Crippen LogP contribution < -0.4 is 0 Å². The Bertz CT molecular complexity index is 113. The van der Waals surface area contributed by atoms with Crippen molar-refractivity contribution in [3.05, 3.63) is 12.2 Å². The maximum absolute atomic E-state index is 4.03. The van der Waals surface area contributed by atoms with Gasteiger partial charge in [0.15, 0.2) is 0 Å². The monoisotopic (exact) mass is 124 g/mol. The molecule has 1 saturated carbocycles. The van der Waals surface area contributed by atoms with Crippen LogP contribution in [0.3, 0.4) is 0 Å². The zero-order chi connectivity index (χ0) is 6.85. The van der Waals surface area contributed by atoms with E-state index < -0.39 is 0 Å². The van der Waals surface area contributed by atoms with Gasteiger partial charge in [-0.3, -0.25) is 0 Å². The summed E-state index contributed by atoms with van der Waals surface area (Å²) >= 11 is 0. The second kappa shape index (κ2) is 2.55. The molecule has 52 valence electrons. The lowest BCUT2D eigenvalue weighted by atomic mass is 10.0. The minimum Gasteiger partial charge on any atom is -0.0996 e. The van der Waals surface area contributed by atoms with Crippen LogP contribution in [0, 0.1) is 11.8 Å². The smallest absolute Gasteiger partial charge is 0.0232 e. The summed E-state index contributed by atoms with van der Waals surface area (Å²) in [5.41, 5.74) is 1.47. The van der Waals surface area contributed by atoms with Crippen molar-refractivity contribution in [1.82, 2.24) is 0 Å². The second-order valence-corrected chi connectivity index (χ2v) is 3.27. The van der Waals surface area contributed by atoms with Crippen molar-refractivity contribution in [2.24, 2.45) is 11.8 Å². The predicted molar refractivity (Wildman–Crippen MR) is 41.3 cm³/mol. The largest absolute Gasteiger partial charge is 0.0996 e. The Morgan fingerprint density at radius 1 is 1.67 bits per heavy atom. The van der Waals surface area contributed by atoms with Crippen LogP contribution in [0.15, 0.2) is 12.2 Å². The Balaban J connectivity index is 2.44. The first-order valence-electron chi connectivity index (χ1n) is 3.91. The maximum atomic E-state index is 4.03. The van der Waals surface area contributed by atoms with Gasteiger partial charge in [0.2, 0.25) is 0 Å². The topological polar surface area (TPSA) is 0 Å². The molecule has 1 aliphatic carbocycles. The summed E-state index contributed by atoms with van der Waals surface area (Å²) in [5.74, 6) is 1.75. The fraction of sp³-hybridized carbons (Fsp3) is 0.778. The Morgan fingerprint density at radius 2 is 2.33 bits per heavy atom. The van der Waals surface area contributed by atoms with Crippen LogP contribution in [0.25, 0.3) is 0 Å². The first kappa shape index (κ1) is 6.85. The highest BCUT2D eigenvalue weighted by molar-refractivity contribution is 5.06. The summed E-state index contributed by atoms with van der Waals surface area (Å²) in [5, 5.41) is 0. The van der Waals surface area contributed by atoms with Crippen LogP contribution in [-0.4, -0.2) is 0 Å². The molecule has 1 aliphatic rings. The third-order valence-electron chi connectivity index (χ3n) is 2.51. The molecular formula is C9H16. The van der Waals surface area contributed by atoms with Crippen LogP contribution in [0.2, 0.25) is 0 Å². The minimum atomic E-state index is 0.801. The Morgan fingerprint density at radius 3 is 2.56 bits per heavy atom. The van der Waals surface area contributed by atoms with Gasteiger partial charge in [0.05, 0.1) is 0 Å². The summed E-state index contributed by atoms with van der Waals surface area (Å²) in [7, 11) is 0. The van der Waals surface area contributed by atoms with Gasteiger partial charge in [-0.05, 0) is 24.7 Å². The van der Waals surface area contributed by atoms with Crippen molar-refractivity contribution in [2.75, 3.05) is 0 Å². The molecule has 0 heteroatoms. The molecule has 0 amide bonds. The third kappa shape index (κ3) is 1.35. The van der Waals surface area contributed by atoms with E-state index in [1.165, 1.54) is 24.8 Å². The molecule has 0 aliphatic heterocycles. The Kier molecular flexibility index (Phi) is 1.94. The van der Waals surface area contributed by atoms with E-state index >= 15 is 0 Å². The van der Waals surface area contributed by atoms with E-state index in [1.807, 2.05) is 0 Å². The molecule has 0 spiro atoms. The average molecular weight is 124 g/mol. The fourth-order valence-corrected chi connectivity index (χ4v) is 1.63. The van der Waals surface area contributed by atoms with Gasteiger partial charge in [0, 0.05) is 0 Å². The van der Waals surface area contributed by atoms with Crippen molar-refractivity contribution >= 4 is 0 Å². The first-order chi connectivity index (χ1) is 4.24. The van der Waals surface area contributed by atoms with Crippen LogP contribution in [-0.2, 0) is 0 Å². The van der Waals surface area contributed by atoms with Gasteiger partial charge in [0.1, 0.15) is 0 Å². The molecule has 0 nitrogen and oxygen atoms in total. The van der Waals surface area contributed by atoms with Gasteiger partial charge in [-0.1, -0.05) is 32.4 Å². The normalized spacial score (nSPS) is 35.6. The summed E-state index contributed by atoms with van der Waals surface area (Å²) < 4.78 is 0. The Labute approximate surface area is 58.0 Å². The van der Waals surface area contributed by atoms with E-state index in [1.54, 1.807) is 0 Å². The number of allylic oxidation sites excluding steroid dienone is 1. The van der Waals surface area contributed by atoms with Crippen LogP contribution in [0.1, 0.15) is 33.1 Å². The van der Waals surface area contributed by atoms with Crippen molar-refractivity contribution in [1.29, 1.82) is 0 Å². The van der Waals surface area contributed by atoms with E-state index in [0.29, 0.717) is 0 Å². The summed E-state index contributed by atoms with van der Waals surface area (Å²) in [6, 6.07) is 0. The van der Waals surface area contributed by atoms with Gasteiger partial charge in [-0.15, -0.1) is 0 Å². The molecule has 0 aromatic heterocycles. The molecular weight excluding hydrogens is 108 g/mol. The molecule has 9 heavy (non-hydrogen) atoms. The van der Waals surface area contributed by atoms with Gasteiger partial charge in [-0.25, -0.2) is 0 Å². The van der Waals surface area contributed by atoms with E-state index in [-0.39, 0.29) is 0 Å². The molecule has 2 atom stereocenters. The zero-order valence-corrected chi connectivity index (χ0v) is 6.48. The molecule has 0 radical (unpaired) electrons. The molecule has 0 N–H and O–H groups in total. The summed E-state index contributed by atoms with van der Waals surface area (Å²) in [4.78, 5) is 0. The number of rotatable bonds is 1. The van der Waals surface area contributed by atoms with Gasteiger partial charge >= 0.3 is 0 Å².